The second-order valence-corrected chi connectivity index (χ2v) is 4.05. The molecule has 0 saturated carbocycles. The van der Waals surface area contributed by atoms with Crippen LogP contribution in [0.5, 0.6) is 0 Å². The van der Waals surface area contributed by atoms with Crippen molar-refractivity contribution in [2.24, 2.45) is 0 Å². The van der Waals surface area contributed by atoms with Crippen molar-refractivity contribution in [2.45, 2.75) is 19.8 Å². The van der Waals surface area contributed by atoms with Crippen LogP contribution in [0.4, 0.5) is 5.95 Å². The number of pyridine rings is 1. The first-order valence-electron chi connectivity index (χ1n) is 5.78. The summed E-state index contributed by atoms with van der Waals surface area (Å²) < 4.78 is 0. The third-order valence-corrected chi connectivity index (χ3v) is 2.69. The number of hydrogen-bond acceptors (Lipinski definition) is 4. The number of nitrogens with zero attached hydrogens (tertiary/aromatic N) is 3. The number of aromatic nitrogens is 3. The number of anilines is 1. The van der Waals surface area contributed by atoms with Crippen LogP contribution in [0.3, 0.4) is 0 Å². The van der Waals surface area contributed by atoms with Gasteiger partial charge >= 0.3 is 0 Å². The van der Waals surface area contributed by atoms with Crippen molar-refractivity contribution in [3.8, 4) is 0 Å². The van der Waals surface area contributed by atoms with E-state index < -0.39 is 0 Å². The van der Waals surface area contributed by atoms with E-state index in [-0.39, 0.29) is 5.56 Å². The fraction of sp³-hybridized carbons (Fsp3) is 0.417. The van der Waals surface area contributed by atoms with Crippen LogP contribution in [0.1, 0.15) is 19.8 Å². The third-order valence-electron chi connectivity index (χ3n) is 2.69. The lowest BCUT2D eigenvalue weighted by Crippen LogP contribution is -2.21. The molecular weight excluding hydrogens is 216 g/mol. The van der Waals surface area contributed by atoms with Gasteiger partial charge in [-0.1, -0.05) is 13.3 Å². The maximum Gasteiger partial charge on any atom is 0.258 e. The van der Waals surface area contributed by atoms with Crippen molar-refractivity contribution < 1.29 is 0 Å². The predicted molar refractivity (Wildman–Crippen MR) is 68.3 cm³/mol. The fourth-order valence-corrected chi connectivity index (χ4v) is 1.64. The Labute approximate surface area is 99.5 Å². The summed E-state index contributed by atoms with van der Waals surface area (Å²) in [6.07, 6.45) is 5.43. The number of nitrogens with one attached hydrogen (secondary N) is 1. The molecule has 0 amide bonds. The molecule has 0 fully saturated rings. The lowest BCUT2D eigenvalue weighted by Gasteiger charge is -2.16. The zero-order chi connectivity index (χ0) is 12.3. The third kappa shape index (κ3) is 2.43. The van der Waals surface area contributed by atoms with Crippen molar-refractivity contribution in [2.75, 3.05) is 18.5 Å². The van der Waals surface area contributed by atoms with E-state index in [0.29, 0.717) is 16.9 Å². The quantitative estimate of drug-likeness (QED) is 0.868. The molecule has 2 aromatic heterocycles. The van der Waals surface area contributed by atoms with Gasteiger partial charge in [0.2, 0.25) is 5.95 Å². The van der Waals surface area contributed by atoms with Crippen molar-refractivity contribution in [3.05, 3.63) is 28.8 Å². The highest BCUT2D eigenvalue weighted by molar-refractivity contribution is 5.77. The van der Waals surface area contributed by atoms with Crippen LogP contribution >= 0.6 is 0 Å². The first-order valence-corrected chi connectivity index (χ1v) is 5.78. The summed E-state index contributed by atoms with van der Waals surface area (Å²) in [4.78, 5) is 24.7. The maximum atomic E-state index is 11.5. The zero-order valence-electron chi connectivity index (χ0n) is 10.1. The molecule has 0 radical (unpaired) electrons. The standard InChI is InChI=1S/C12H16N4O/c1-3-4-7-16(2)12-14-8-9-10(15-12)5-6-13-11(9)17/h5-6,8H,3-4,7H2,1-2H3,(H,13,17). The van der Waals surface area contributed by atoms with E-state index in [1.54, 1.807) is 18.5 Å². The molecule has 5 nitrogen and oxygen atoms in total. The van der Waals surface area contributed by atoms with Gasteiger partial charge in [0.15, 0.2) is 0 Å². The molecule has 0 aliphatic heterocycles. The topological polar surface area (TPSA) is 61.9 Å². The van der Waals surface area contributed by atoms with Crippen molar-refractivity contribution in [3.63, 3.8) is 0 Å². The first-order chi connectivity index (χ1) is 8.22. The Morgan fingerprint density at radius 1 is 1.47 bits per heavy atom. The van der Waals surface area contributed by atoms with Gasteiger partial charge in [0.1, 0.15) is 0 Å². The Kier molecular flexibility index (Phi) is 3.37. The van der Waals surface area contributed by atoms with E-state index in [4.69, 9.17) is 0 Å². The van der Waals surface area contributed by atoms with Gasteiger partial charge in [0.25, 0.3) is 5.56 Å². The Morgan fingerprint density at radius 2 is 2.29 bits per heavy atom. The van der Waals surface area contributed by atoms with Gasteiger partial charge in [-0.05, 0) is 12.5 Å². The van der Waals surface area contributed by atoms with Gasteiger partial charge in [-0.25, -0.2) is 9.97 Å². The van der Waals surface area contributed by atoms with Gasteiger partial charge in [0.05, 0.1) is 10.9 Å². The molecule has 0 bridgehead atoms. The summed E-state index contributed by atoms with van der Waals surface area (Å²) in [6.45, 7) is 3.07. The van der Waals surface area contributed by atoms with Crippen molar-refractivity contribution >= 4 is 16.9 Å². The highest BCUT2D eigenvalue weighted by atomic mass is 16.1. The van der Waals surface area contributed by atoms with Gasteiger partial charge < -0.3 is 9.88 Å². The highest BCUT2D eigenvalue weighted by Gasteiger charge is 2.06. The van der Waals surface area contributed by atoms with Crippen molar-refractivity contribution in [1.82, 2.24) is 15.0 Å². The summed E-state index contributed by atoms with van der Waals surface area (Å²) in [5, 5.41) is 0.528. The second-order valence-electron chi connectivity index (χ2n) is 4.05. The molecule has 17 heavy (non-hydrogen) atoms. The minimum absolute atomic E-state index is 0.148. The highest BCUT2D eigenvalue weighted by Crippen LogP contribution is 2.10. The van der Waals surface area contributed by atoms with Gasteiger partial charge in [-0.3, -0.25) is 4.79 Å². The molecule has 5 heteroatoms. The van der Waals surface area contributed by atoms with Crippen LogP contribution in [0.2, 0.25) is 0 Å². The maximum absolute atomic E-state index is 11.5. The van der Waals surface area contributed by atoms with Crippen LogP contribution in [0, 0.1) is 0 Å². The number of unbranched alkanes of at least 4 members (excludes halogenated alkanes) is 1. The van der Waals surface area contributed by atoms with Gasteiger partial charge in [-0.2, -0.15) is 0 Å². The van der Waals surface area contributed by atoms with E-state index in [1.165, 1.54) is 0 Å². The molecule has 0 saturated heterocycles. The van der Waals surface area contributed by atoms with Crippen LogP contribution in [-0.4, -0.2) is 28.5 Å². The largest absolute Gasteiger partial charge is 0.344 e. The summed E-state index contributed by atoms with van der Waals surface area (Å²) >= 11 is 0. The number of H-pyrrole nitrogens is 1. The number of aromatic amines is 1. The molecule has 2 rings (SSSR count). The minimum Gasteiger partial charge on any atom is -0.344 e. The van der Waals surface area contributed by atoms with Crippen LogP contribution in [0.15, 0.2) is 23.3 Å². The smallest absolute Gasteiger partial charge is 0.258 e. The molecule has 2 heterocycles. The average Bonchev–Trinajstić information content (AvgIpc) is 2.36. The number of hydrogen-bond donors (Lipinski definition) is 1. The molecule has 0 aliphatic carbocycles. The average molecular weight is 232 g/mol. The monoisotopic (exact) mass is 232 g/mol. The lowest BCUT2D eigenvalue weighted by atomic mass is 10.3. The van der Waals surface area contributed by atoms with E-state index >= 15 is 0 Å². The molecule has 2 aromatic rings. The normalized spacial score (nSPS) is 10.7. The zero-order valence-corrected chi connectivity index (χ0v) is 10.1. The number of rotatable bonds is 4. The Bertz CT molecular complexity index is 564. The molecular formula is C12H16N4O. The van der Waals surface area contributed by atoms with Gasteiger partial charge in [0, 0.05) is 26.0 Å². The summed E-state index contributed by atoms with van der Waals surface area (Å²) in [7, 11) is 1.96. The predicted octanol–water partition coefficient (Wildman–Crippen LogP) is 1.55. The summed E-state index contributed by atoms with van der Waals surface area (Å²) in [6, 6.07) is 1.79. The van der Waals surface area contributed by atoms with Crippen molar-refractivity contribution in [1.29, 1.82) is 0 Å². The van der Waals surface area contributed by atoms with Crippen LogP contribution in [-0.2, 0) is 0 Å². The Hall–Kier alpha value is -1.91. The molecule has 1 N–H and O–H groups in total. The fourth-order valence-electron chi connectivity index (χ4n) is 1.64. The lowest BCUT2D eigenvalue weighted by molar-refractivity contribution is 0.751. The number of fused-ring (bicyclic) bond motifs is 1. The second kappa shape index (κ2) is 4.95. The minimum atomic E-state index is -0.148. The van der Waals surface area contributed by atoms with E-state index in [1.807, 2.05) is 11.9 Å². The molecule has 0 spiro atoms. The van der Waals surface area contributed by atoms with E-state index in [0.717, 1.165) is 19.4 Å². The Morgan fingerprint density at radius 3 is 3.06 bits per heavy atom. The summed E-state index contributed by atoms with van der Waals surface area (Å²) in [5.74, 6) is 0.663. The van der Waals surface area contributed by atoms with Crippen LogP contribution < -0.4 is 10.5 Å². The van der Waals surface area contributed by atoms with E-state index in [9.17, 15) is 4.79 Å². The molecule has 90 valence electrons. The van der Waals surface area contributed by atoms with Crippen LogP contribution in [0.25, 0.3) is 10.9 Å². The summed E-state index contributed by atoms with van der Waals surface area (Å²) in [5.41, 5.74) is 0.535. The molecule has 0 aliphatic rings. The molecule has 0 atom stereocenters. The van der Waals surface area contributed by atoms with Gasteiger partial charge in [-0.15, -0.1) is 0 Å². The first kappa shape index (κ1) is 11.6. The Balaban J connectivity index is 2.35. The van der Waals surface area contributed by atoms with E-state index in [2.05, 4.69) is 21.9 Å². The molecule has 0 unspecified atom stereocenters. The molecule has 0 aromatic carbocycles. The SMILES string of the molecule is CCCCN(C)c1ncc2c(=O)[nH]ccc2n1.